The molecule has 0 spiro atoms. The molecule has 3 unspecified atom stereocenters. The van der Waals surface area contributed by atoms with Crippen molar-refractivity contribution in [2.75, 3.05) is 0 Å². The van der Waals surface area contributed by atoms with Crippen molar-refractivity contribution in [3.63, 3.8) is 0 Å². The molecule has 4 nitrogen and oxygen atoms in total. The second-order valence-electron chi connectivity index (χ2n) is 6.58. The molecule has 1 saturated carbocycles. The number of hydrogen-bond donors (Lipinski definition) is 2. The third-order valence-electron chi connectivity index (χ3n) is 3.89. The summed E-state index contributed by atoms with van der Waals surface area (Å²) in [5.74, 6) is 0.0569. The van der Waals surface area contributed by atoms with Gasteiger partial charge < -0.3 is 10.6 Å². The maximum Gasteiger partial charge on any atom is 0.246 e. The monoisotopic (exact) mass is 266 g/mol. The van der Waals surface area contributed by atoms with Gasteiger partial charge in [-0.25, -0.2) is 0 Å². The molecule has 3 atom stereocenters. The summed E-state index contributed by atoms with van der Waals surface area (Å²) < 4.78 is 0. The Labute approximate surface area is 116 Å². The Morgan fingerprint density at radius 2 is 1.95 bits per heavy atom. The van der Waals surface area contributed by atoms with Crippen molar-refractivity contribution in [2.24, 2.45) is 11.8 Å². The molecule has 0 aromatic heterocycles. The largest absolute Gasteiger partial charge is 0.349 e. The zero-order chi connectivity index (χ0) is 14.8. The molecule has 1 rings (SSSR count). The number of rotatable bonds is 3. The summed E-state index contributed by atoms with van der Waals surface area (Å²) in [6.07, 6.45) is 3.42. The molecule has 0 radical (unpaired) electrons. The van der Waals surface area contributed by atoms with Gasteiger partial charge in [0, 0.05) is 12.5 Å². The van der Waals surface area contributed by atoms with Crippen LogP contribution in [0.3, 0.4) is 0 Å². The summed E-state index contributed by atoms with van der Waals surface area (Å²) in [4.78, 5) is 24.1. The minimum Gasteiger partial charge on any atom is -0.349 e. The number of allylic oxidation sites excluding steroid dienone is 1. The average molecular weight is 266 g/mol. The number of hydrogen-bond acceptors (Lipinski definition) is 2. The van der Waals surface area contributed by atoms with Crippen molar-refractivity contribution < 1.29 is 9.59 Å². The van der Waals surface area contributed by atoms with E-state index in [-0.39, 0.29) is 29.2 Å². The van der Waals surface area contributed by atoms with E-state index in [1.165, 1.54) is 6.92 Å². The Bertz CT molecular complexity index is 384. The van der Waals surface area contributed by atoms with E-state index in [1.54, 1.807) is 0 Å². The molecule has 19 heavy (non-hydrogen) atoms. The van der Waals surface area contributed by atoms with E-state index in [9.17, 15) is 9.59 Å². The standard InChI is InChI=1S/C15H26N2O2/c1-7-12-8-9-15(10(12)2,16-11(3)18)13(19)17-14(4,5)6/h7,10,12H,1,8-9H2,2-6H3,(H,16,18)(H,17,19). The average Bonchev–Trinajstić information content (AvgIpc) is 2.54. The lowest BCUT2D eigenvalue weighted by Crippen LogP contribution is -2.63. The first-order chi connectivity index (χ1) is 8.62. The summed E-state index contributed by atoms with van der Waals surface area (Å²) in [5.41, 5.74) is -1.12. The molecule has 2 amide bonds. The predicted molar refractivity (Wildman–Crippen MR) is 76.5 cm³/mol. The maximum atomic E-state index is 12.6. The first kappa shape index (κ1) is 15.7. The lowest BCUT2D eigenvalue weighted by molar-refractivity contribution is -0.135. The van der Waals surface area contributed by atoms with E-state index in [4.69, 9.17) is 0 Å². The van der Waals surface area contributed by atoms with Gasteiger partial charge in [0.05, 0.1) is 0 Å². The third-order valence-corrected chi connectivity index (χ3v) is 3.89. The molecule has 4 heteroatoms. The highest BCUT2D eigenvalue weighted by Gasteiger charge is 2.51. The van der Waals surface area contributed by atoms with Crippen LogP contribution in [0.1, 0.15) is 47.5 Å². The molecular weight excluding hydrogens is 240 g/mol. The van der Waals surface area contributed by atoms with Gasteiger partial charge in [-0.15, -0.1) is 6.58 Å². The SMILES string of the molecule is C=CC1CCC(NC(C)=O)(C(=O)NC(C)(C)C)C1C. The first-order valence-corrected chi connectivity index (χ1v) is 6.86. The topological polar surface area (TPSA) is 58.2 Å². The molecule has 1 aliphatic rings. The van der Waals surface area contributed by atoms with Gasteiger partial charge in [0.1, 0.15) is 5.54 Å². The van der Waals surface area contributed by atoms with E-state index < -0.39 is 5.54 Å². The fraction of sp³-hybridized carbons (Fsp3) is 0.733. The summed E-state index contributed by atoms with van der Waals surface area (Å²) in [5, 5.41) is 5.89. The van der Waals surface area contributed by atoms with E-state index >= 15 is 0 Å². The third kappa shape index (κ3) is 3.37. The van der Waals surface area contributed by atoms with Crippen LogP contribution in [-0.4, -0.2) is 22.9 Å². The van der Waals surface area contributed by atoms with Crippen molar-refractivity contribution >= 4 is 11.8 Å². The highest BCUT2D eigenvalue weighted by molar-refractivity contribution is 5.92. The molecule has 0 aliphatic heterocycles. The van der Waals surface area contributed by atoms with Crippen LogP contribution in [0.15, 0.2) is 12.7 Å². The second-order valence-corrected chi connectivity index (χ2v) is 6.58. The quantitative estimate of drug-likeness (QED) is 0.768. The van der Waals surface area contributed by atoms with Crippen molar-refractivity contribution in [2.45, 2.75) is 58.5 Å². The Morgan fingerprint density at radius 1 is 1.37 bits per heavy atom. The molecule has 0 bridgehead atoms. The number of amides is 2. The van der Waals surface area contributed by atoms with Gasteiger partial charge in [-0.2, -0.15) is 0 Å². The molecule has 0 saturated heterocycles. The van der Waals surface area contributed by atoms with E-state index in [1.807, 2.05) is 33.8 Å². The highest BCUT2D eigenvalue weighted by atomic mass is 16.2. The van der Waals surface area contributed by atoms with Crippen molar-refractivity contribution in [1.82, 2.24) is 10.6 Å². The molecule has 0 aromatic carbocycles. The predicted octanol–water partition coefficient (Wildman–Crippen LogP) is 2.01. The van der Waals surface area contributed by atoms with Crippen LogP contribution in [-0.2, 0) is 9.59 Å². The van der Waals surface area contributed by atoms with Gasteiger partial charge in [-0.3, -0.25) is 9.59 Å². The van der Waals surface area contributed by atoms with Gasteiger partial charge in [0.25, 0.3) is 0 Å². The van der Waals surface area contributed by atoms with Crippen LogP contribution in [0, 0.1) is 11.8 Å². The lowest BCUT2D eigenvalue weighted by Gasteiger charge is -2.37. The minimum absolute atomic E-state index is 0.0521. The number of carbonyl (C=O) groups is 2. The fourth-order valence-electron chi connectivity index (χ4n) is 2.88. The Balaban J connectivity index is 3.04. The minimum atomic E-state index is -0.808. The zero-order valence-corrected chi connectivity index (χ0v) is 12.7. The molecule has 1 aliphatic carbocycles. The Morgan fingerprint density at radius 3 is 2.32 bits per heavy atom. The summed E-state index contributed by atoms with van der Waals surface area (Å²) in [7, 11) is 0. The maximum absolute atomic E-state index is 12.6. The van der Waals surface area contributed by atoms with Gasteiger partial charge in [-0.05, 0) is 45.4 Å². The molecule has 1 fully saturated rings. The second kappa shape index (κ2) is 5.35. The zero-order valence-electron chi connectivity index (χ0n) is 12.7. The van der Waals surface area contributed by atoms with Gasteiger partial charge >= 0.3 is 0 Å². The molecule has 2 N–H and O–H groups in total. The number of nitrogens with one attached hydrogen (secondary N) is 2. The molecule has 108 valence electrons. The van der Waals surface area contributed by atoms with Crippen molar-refractivity contribution in [1.29, 1.82) is 0 Å². The first-order valence-electron chi connectivity index (χ1n) is 6.86. The van der Waals surface area contributed by atoms with E-state index in [0.29, 0.717) is 6.42 Å². The van der Waals surface area contributed by atoms with Crippen LogP contribution < -0.4 is 10.6 Å². The lowest BCUT2D eigenvalue weighted by atomic mass is 9.82. The van der Waals surface area contributed by atoms with Crippen molar-refractivity contribution in [3.05, 3.63) is 12.7 Å². The van der Waals surface area contributed by atoms with Gasteiger partial charge in [-0.1, -0.05) is 13.0 Å². The Hall–Kier alpha value is -1.32. The molecular formula is C15H26N2O2. The van der Waals surface area contributed by atoms with E-state index in [0.717, 1.165) is 6.42 Å². The fourth-order valence-corrected chi connectivity index (χ4v) is 2.88. The summed E-state index contributed by atoms with van der Waals surface area (Å²) in [6, 6.07) is 0. The number of carbonyl (C=O) groups excluding carboxylic acids is 2. The van der Waals surface area contributed by atoms with Gasteiger partial charge in [0.2, 0.25) is 11.8 Å². The normalized spacial score (nSPS) is 30.8. The van der Waals surface area contributed by atoms with Crippen molar-refractivity contribution in [3.8, 4) is 0 Å². The van der Waals surface area contributed by atoms with Crippen LogP contribution in [0.2, 0.25) is 0 Å². The van der Waals surface area contributed by atoms with Crippen LogP contribution in [0.5, 0.6) is 0 Å². The van der Waals surface area contributed by atoms with Crippen LogP contribution >= 0.6 is 0 Å². The smallest absolute Gasteiger partial charge is 0.246 e. The Kier molecular flexibility index (Phi) is 4.43. The molecule has 0 heterocycles. The van der Waals surface area contributed by atoms with Gasteiger partial charge in [0.15, 0.2) is 0 Å². The summed E-state index contributed by atoms with van der Waals surface area (Å²) >= 11 is 0. The van der Waals surface area contributed by atoms with Crippen LogP contribution in [0.4, 0.5) is 0 Å². The van der Waals surface area contributed by atoms with Crippen LogP contribution in [0.25, 0.3) is 0 Å². The summed E-state index contributed by atoms with van der Waals surface area (Å²) in [6.45, 7) is 13.1. The molecule has 0 aromatic rings. The van der Waals surface area contributed by atoms with E-state index in [2.05, 4.69) is 17.2 Å². The highest BCUT2D eigenvalue weighted by Crippen LogP contribution is 2.41.